The Balaban J connectivity index is 2.35. The fourth-order valence-corrected chi connectivity index (χ4v) is 2.18. The molecule has 0 N–H and O–H groups in total. The Morgan fingerprint density at radius 2 is 1.89 bits per heavy atom. The van der Waals surface area contributed by atoms with Gasteiger partial charge in [0.15, 0.2) is 11.5 Å². The van der Waals surface area contributed by atoms with E-state index in [0.29, 0.717) is 16.6 Å². The van der Waals surface area contributed by atoms with E-state index in [2.05, 4.69) is 15.3 Å². The van der Waals surface area contributed by atoms with Crippen molar-refractivity contribution in [3.63, 3.8) is 0 Å². The van der Waals surface area contributed by atoms with Gasteiger partial charge in [-0.05, 0) is 32.9 Å². The molecule has 3 aromatic rings. The van der Waals surface area contributed by atoms with E-state index in [1.807, 2.05) is 20.8 Å². The maximum atomic E-state index is 5.91. The van der Waals surface area contributed by atoms with Gasteiger partial charge in [-0.1, -0.05) is 11.6 Å². The van der Waals surface area contributed by atoms with Crippen LogP contribution in [0.15, 0.2) is 16.5 Å². The van der Waals surface area contributed by atoms with Crippen LogP contribution in [-0.4, -0.2) is 19.8 Å². The SMILES string of the molecule is Cc1oc(C)c(-c2nnc3ccc(Cl)nn23)c1C. The Morgan fingerprint density at radius 3 is 2.56 bits per heavy atom. The Kier molecular flexibility index (Phi) is 2.38. The van der Waals surface area contributed by atoms with Crippen molar-refractivity contribution in [1.82, 2.24) is 19.8 Å². The van der Waals surface area contributed by atoms with Crippen LogP contribution in [0.25, 0.3) is 17.0 Å². The van der Waals surface area contributed by atoms with Gasteiger partial charge in [0.25, 0.3) is 0 Å². The summed E-state index contributed by atoms with van der Waals surface area (Å²) in [5, 5.41) is 12.9. The average molecular weight is 263 g/mol. The predicted molar refractivity (Wildman–Crippen MR) is 67.7 cm³/mol. The summed E-state index contributed by atoms with van der Waals surface area (Å²) in [5.41, 5.74) is 2.63. The lowest BCUT2D eigenvalue weighted by atomic mass is 10.1. The van der Waals surface area contributed by atoms with Crippen LogP contribution in [-0.2, 0) is 0 Å². The van der Waals surface area contributed by atoms with Gasteiger partial charge in [0.1, 0.15) is 16.7 Å². The molecule has 0 fully saturated rings. The number of rotatable bonds is 1. The van der Waals surface area contributed by atoms with Gasteiger partial charge in [-0.15, -0.1) is 10.2 Å². The molecule has 0 saturated carbocycles. The fraction of sp³-hybridized carbons (Fsp3) is 0.250. The molecule has 3 aromatic heterocycles. The number of aromatic nitrogens is 4. The standard InChI is InChI=1S/C12H11ClN4O/c1-6-7(2)18-8(3)11(6)12-15-14-10-5-4-9(13)16-17(10)12/h4-5H,1-3H3. The molecule has 5 nitrogen and oxygen atoms in total. The third kappa shape index (κ3) is 1.51. The van der Waals surface area contributed by atoms with Crippen molar-refractivity contribution in [3.05, 3.63) is 34.4 Å². The van der Waals surface area contributed by atoms with Crippen molar-refractivity contribution < 1.29 is 4.42 Å². The molecule has 0 bridgehead atoms. The number of hydrogen-bond donors (Lipinski definition) is 0. The second kappa shape index (κ2) is 3.81. The molecule has 3 rings (SSSR count). The summed E-state index contributed by atoms with van der Waals surface area (Å²) in [7, 11) is 0. The highest BCUT2D eigenvalue weighted by Crippen LogP contribution is 2.30. The Bertz CT molecular complexity index is 744. The van der Waals surface area contributed by atoms with E-state index >= 15 is 0 Å². The molecule has 0 atom stereocenters. The largest absolute Gasteiger partial charge is 0.466 e. The number of fused-ring (bicyclic) bond motifs is 1. The summed E-state index contributed by atoms with van der Waals surface area (Å²) >= 11 is 5.91. The van der Waals surface area contributed by atoms with Crippen LogP contribution in [0, 0.1) is 20.8 Å². The lowest BCUT2D eigenvalue weighted by molar-refractivity contribution is 0.503. The van der Waals surface area contributed by atoms with Gasteiger partial charge in [0.2, 0.25) is 0 Å². The summed E-state index contributed by atoms with van der Waals surface area (Å²) in [5.74, 6) is 2.33. The average Bonchev–Trinajstić information content (AvgIpc) is 2.82. The highest BCUT2D eigenvalue weighted by molar-refractivity contribution is 6.29. The first kappa shape index (κ1) is 11.2. The smallest absolute Gasteiger partial charge is 0.189 e. The molecule has 0 aliphatic carbocycles. The van der Waals surface area contributed by atoms with E-state index in [9.17, 15) is 0 Å². The number of furan rings is 1. The number of nitrogens with zero attached hydrogens (tertiary/aromatic N) is 4. The van der Waals surface area contributed by atoms with Crippen LogP contribution < -0.4 is 0 Å². The van der Waals surface area contributed by atoms with Gasteiger partial charge in [-0.2, -0.15) is 9.61 Å². The molecule has 0 unspecified atom stereocenters. The van der Waals surface area contributed by atoms with Crippen molar-refractivity contribution >= 4 is 17.2 Å². The second-order valence-electron chi connectivity index (χ2n) is 4.16. The van der Waals surface area contributed by atoms with Crippen LogP contribution in [0.1, 0.15) is 17.1 Å². The van der Waals surface area contributed by atoms with Crippen LogP contribution in [0.4, 0.5) is 0 Å². The molecule has 0 aromatic carbocycles. The first-order chi connectivity index (χ1) is 8.58. The van der Waals surface area contributed by atoms with Crippen molar-refractivity contribution in [3.8, 4) is 11.4 Å². The Hall–Kier alpha value is -1.88. The molecule has 0 aliphatic heterocycles. The second-order valence-corrected chi connectivity index (χ2v) is 4.55. The number of hydrogen-bond acceptors (Lipinski definition) is 4. The molecule has 0 amide bonds. The quantitative estimate of drug-likeness (QED) is 0.677. The maximum Gasteiger partial charge on any atom is 0.189 e. The zero-order valence-corrected chi connectivity index (χ0v) is 11.0. The van der Waals surface area contributed by atoms with Crippen molar-refractivity contribution in [2.24, 2.45) is 0 Å². The Labute approximate surface area is 108 Å². The van der Waals surface area contributed by atoms with Gasteiger partial charge >= 0.3 is 0 Å². The molecule has 92 valence electrons. The summed E-state index contributed by atoms with van der Waals surface area (Å²) in [6.07, 6.45) is 0. The highest BCUT2D eigenvalue weighted by atomic mass is 35.5. The number of halogens is 1. The Morgan fingerprint density at radius 1 is 1.11 bits per heavy atom. The van der Waals surface area contributed by atoms with Crippen LogP contribution in [0.5, 0.6) is 0 Å². The van der Waals surface area contributed by atoms with Crippen molar-refractivity contribution in [1.29, 1.82) is 0 Å². The number of aryl methyl sites for hydroxylation is 2. The molecule has 6 heteroatoms. The summed E-state index contributed by atoms with van der Waals surface area (Å²) in [4.78, 5) is 0. The van der Waals surface area contributed by atoms with E-state index in [1.54, 1.807) is 16.6 Å². The minimum Gasteiger partial charge on any atom is -0.466 e. The monoisotopic (exact) mass is 262 g/mol. The molecular formula is C12H11ClN4O. The fourth-order valence-electron chi connectivity index (χ4n) is 2.04. The maximum absolute atomic E-state index is 5.91. The van der Waals surface area contributed by atoms with Crippen molar-refractivity contribution in [2.75, 3.05) is 0 Å². The van der Waals surface area contributed by atoms with E-state index < -0.39 is 0 Å². The van der Waals surface area contributed by atoms with Gasteiger partial charge in [0.05, 0.1) is 5.56 Å². The molecular weight excluding hydrogens is 252 g/mol. The van der Waals surface area contributed by atoms with Gasteiger partial charge in [0, 0.05) is 5.56 Å². The van der Waals surface area contributed by atoms with E-state index in [1.165, 1.54) is 0 Å². The van der Waals surface area contributed by atoms with Gasteiger partial charge < -0.3 is 4.42 Å². The highest BCUT2D eigenvalue weighted by Gasteiger charge is 2.19. The van der Waals surface area contributed by atoms with Gasteiger partial charge in [-0.3, -0.25) is 0 Å². The van der Waals surface area contributed by atoms with Gasteiger partial charge in [-0.25, -0.2) is 0 Å². The summed E-state index contributed by atoms with van der Waals surface area (Å²) < 4.78 is 7.24. The van der Waals surface area contributed by atoms with E-state index in [0.717, 1.165) is 22.6 Å². The third-order valence-electron chi connectivity index (χ3n) is 3.02. The normalized spacial score (nSPS) is 11.3. The first-order valence-corrected chi connectivity index (χ1v) is 5.90. The topological polar surface area (TPSA) is 56.2 Å². The summed E-state index contributed by atoms with van der Waals surface area (Å²) in [6.45, 7) is 5.82. The molecule has 0 radical (unpaired) electrons. The first-order valence-electron chi connectivity index (χ1n) is 5.53. The van der Waals surface area contributed by atoms with E-state index in [4.69, 9.17) is 16.0 Å². The summed E-state index contributed by atoms with van der Waals surface area (Å²) in [6, 6.07) is 3.47. The third-order valence-corrected chi connectivity index (χ3v) is 3.22. The van der Waals surface area contributed by atoms with Crippen LogP contribution >= 0.6 is 11.6 Å². The van der Waals surface area contributed by atoms with Crippen LogP contribution in [0.2, 0.25) is 5.15 Å². The molecule has 0 saturated heterocycles. The minimum absolute atomic E-state index is 0.402. The van der Waals surface area contributed by atoms with E-state index in [-0.39, 0.29) is 0 Å². The zero-order valence-electron chi connectivity index (χ0n) is 10.2. The predicted octanol–water partition coefficient (Wildman–Crippen LogP) is 2.96. The van der Waals surface area contributed by atoms with Crippen molar-refractivity contribution in [2.45, 2.75) is 20.8 Å². The molecule has 0 spiro atoms. The molecule has 18 heavy (non-hydrogen) atoms. The molecule has 0 aliphatic rings. The zero-order chi connectivity index (χ0) is 12.9. The minimum atomic E-state index is 0.402. The molecule has 3 heterocycles. The van der Waals surface area contributed by atoms with Crippen LogP contribution in [0.3, 0.4) is 0 Å². The lowest BCUT2D eigenvalue weighted by Crippen LogP contribution is -1.96. The lowest BCUT2D eigenvalue weighted by Gasteiger charge is -1.99.